The summed E-state index contributed by atoms with van der Waals surface area (Å²) in [6.45, 7) is 0. The molecule has 1 atom stereocenters. The van der Waals surface area contributed by atoms with Crippen molar-refractivity contribution in [3.63, 3.8) is 0 Å². The van der Waals surface area contributed by atoms with Gasteiger partial charge in [0.2, 0.25) is 5.91 Å². The standard InChI is InChI=1S/C13H14ClNO5S/c14-8-1-3-9(4-2-8)21-7-11(16)15-10(13(19)20)5-6-12(17)18/h1-4,10H,5-7H2,(H,15,16)(H,17,18)(H,19,20)/t10-/m0/s1. The number of carbonyl (C=O) groups is 3. The molecule has 6 nitrogen and oxygen atoms in total. The van der Waals surface area contributed by atoms with Crippen molar-refractivity contribution < 1.29 is 24.6 Å². The lowest BCUT2D eigenvalue weighted by atomic mass is 10.1. The van der Waals surface area contributed by atoms with E-state index in [1.807, 2.05) is 0 Å². The molecule has 21 heavy (non-hydrogen) atoms. The number of nitrogens with one attached hydrogen (secondary N) is 1. The summed E-state index contributed by atoms with van der Waals surface area (Å²) < 4.78 is 0. The average Bonchev–Trinajstić information content (AvgIpc) is 2.42. The number of benzene rings is 1. The summed E-state index contributed by atoms with van der Waals surface area (Å²) in [5, 5.41) is 20.3. The van der Waals surface area contributed by atoms with Gasteiger partial charge in [-0.15, -0.1) is 11.8 Å². The summed E-state index contributed by atoms with van der Waals surface area (Å²) in [6, 6.07) is 5.68. The van der Waals surface area contributed by atoms with Crippen LogP contribution in [0.15, 0.2) is 29.2 Å². The van der Waals surface area contributed by atoms with Crippen molar-refractivity contribution in [3.05, 3.63) is 29.3 Å². The molecule has 8 heteroatoms. The second kappa shape index (κ2) is 8.53. The highest BCUT2D eigenvalue weighted by Crippen LogP contribution is 2.20. The van der Waals surface area contributed by atoms with Crippen LogP contribution >= 0.6 is 23.4 Å². The van der Waals surface area contributed by atoms with Gasteiger partial charge in [0.25, 0.3) is 0 Å². The molecule has 3 N–H and O–H groups in total. The van der Waals surface area contributed by atoms with Crippen molar-refractivity contribution in [3.8, 4) is 0 Å². The van der Waals surface area contributed by atoms with Gasteiger partial charge in [0, 0.05) is 16.3 Å². The fourth-order valence-corrected chi connectivity index (χ4v) is 2.28. The molecule has 0 aromatic heterocycles. The lowest BCUT2D eigenvalue weighted by Crippen LogP contribution is -2.41. The second-order valence-electron chi connectivity index (χ2n) is 4.13. The van der Waals surface area contributed by atoms with Crippen LogP contribution in [-0.4, -0.2) is 39.9 Å². The third kappa shape index (κ3) is 7.01. The number of aliphatic carboxylic acids is 2. The first kappa shape index (κ1) is 17.3. The number of carboxylic acids is 2. The minimum Gasteiger partial charge on any atom is -0.481 e. The van der Waals surface area contributed by atoms with Gasteiger partial charge in [-0.05, 0) is 30.7 Å². The molecule has 0 saturated carbocycles. The van der Waals surface area contributed by atoms with Crippen molar-refractivity contribution in [2.45, 2.75) is 23.8 Å². The molecule has 0 heterocycles. The maximum atomic E-state index is 11.7. The van der Waals surface area contributed by atoms with E-state index in [0.29, 0.717) is 5.02 Å². The Kier molecular flexibility index (Phi) is 7.04. The molecule has 1 rings (SSSR count). The Morgan fingerprint density at radius 2 is 1.81 bits per heavy atom. The van der Waals surface area contributed by atoms with Crippen LogP contribution in [0.2, 0.25) is 5.02 Å². The van der Waals surface area contributed by atoms with Gasteiger partial charge in [-0.3, -0.25) is 9.59 Å². The monoisotopic (exact) mass is 331 g/mol. The zero-order valence-electron chi connectivity index (χ0n) is 10.9. The molecule has 0 spiro atoms. The summed E-state index contributed by atoms with van der Waals surface area (Å²) in [5.74, 6) is -2.78. The average molecular weight is 332 g/mol. The van der Waals surface area contributed by atoms with Crippen LogP contribution in [0.4, 0.5) is 0 Å². The number of carboxylic acid groups (broad SMARTS) is 2. The molecular weight excluding hydrogens is 318 g/mol. The Morgan fingerprint density at radius 1 is 1.19 bits per heavy atom. The Morgan fingerprint density at radius 3 is 2.33 bits per heavy atom. The molecule has 0 radical (unpaired) electrons. The Balaban J connectivity index is 2.44. The van der Waals surface area contributed by atoms with Crippen LogP contribution in [0, 0.1) is 0 Å². The summed E-state index contributed by atoms with van der Waals surface area (Å²) in [5.41, 5.74) is 0. The number of rotatable bonds is 8. The van der Waals surface area contributed by atoms with Crippen molar-refractivity contribution in [1.82, 2.24) is 5.32 Å². The summed E-state index contributed by atoms with van der Waals surface area (Å²) >= 11 is 6.97. The molecule has 0 aliphatic rings. The highest BCUT2D eigenvalue weighted by molar-refractivity contribution is 8.00. The minimum atomic E-state index is -1.25. The third-order valence-electron chi connectivity index (χ3n) is 2.46. The van der Waals surface area contributed by atoms with Crippen LogP contribution in [-0.2, 0) is 14.4 Å². The Labute approximate surface area is 130 Å². The highest BCUT2D eigenvalue weighted by Gasteiger charge is 2.20. The van der Waals surface area contributed by atoms with Crippen molar-refractivity contribution >= 4 is 41.2 Å². The first-order chi connectivity index (χ1) is 9.88. The van der Waals surface area contributed by atoms with E-state index < -0.39 is 23.9 Å². The molecule has 1 aromatic carbocycles. The first-order valence-electron chi connectivity index (χ1n) is 6.01. The molecule has 114 valence electrons. The molecule has 1 amide bonds. The molecule has 0 fully saturated rings. The second-order valence-corrected chi connectivity index (χ2v) is 5.62. The fraction of sp³-hybridized carbons (Fsp3) is 0.308. The molecule has 0 bridgehead atoms. The first-order valence-corrected chi connectivity index (χ1v) is 7.37. The number of amides is 1. The van der Waals surface area contributed by atoms with Gasteiger partial charge in [0.15, 0.2) is 0 Å². The van der Waals surface area contributed by atoms with E-state index in [0.717, 1.165) is 4.90 Å². The van der Waals surface area contributed by atoms with Crippen LogP contribution in [0.3, 0.4) is 0 Å². The minimum absolute atomic E-state index is 0.0402. The van der Waals surface area contributed by atoms with E-state index in [9.17, 15) is 14.4 Å². The van der Waals surface area contributed by atoms with E-state index in [4.69, 9.17) is 21.8 Å². The van der Waals surface area contributed by atoms with Crippen molar-refractivity contribution in [2.24, 2.45) is 0 Å². The topological polar surface area (TPSA) is 104 Å². The molecule has 0 unspecified atom stereocenters. The van der Waals surface area contributed by atoms with E-state index in [2.05, 4.69) is 5.32 Å². The molecule has 1 aromatic rings. The predicted molar refractivity (Wildman–Crippen MR) is 78.6 cm³/mol. The number of hydrogen-bond acceptors (Lipinski definition) is 4. The Bertz CT molecular complexity index is 520. The SMILES string of the molecule is O=C(O)CC[C@H](NC(=O)CSc1ccc(Cl)cc1)C(=O)O. The van der Waals surface area contributed by atoms with E-state index in [-0.39, 0.29) is 18.6 Å². The van der Waals surface area contributed by atoms with E-state index >= 15 is 0 Å². The summed E-state index contributed by atoms with van der Waals surface area (Å²) in [7, 11) is 0. The third-order valence-corrected chi connectivity index (χ3v) is 3.73. The van der Waals surface area contributed by atoms with Gasteiger partial charge < -0.3 is 15.5 Å². The van der Waals surface area contributed by atoms with Crippen molar-refractivity contribution in [1.29, 1.82) is 0 Å². The van der Waals surface area contributed by atoms with E-state index in [1.54, 1.807) is 24.3 Å². The predicted octanol–water partition coefficient (Wildman–Crippen LogP) is 1.87. The van der Waals surface area contributed by atoms with Crippen molar-refractivity contribution in [2.75, 3.05) is 5.75 Å². The highest BCUT2D eigenvalue weighted by atomic mass is 35.5. The number of thioether (sulfide) groups is 1. The van der Waals surface area contributed by atoms with E-state index in [1.165, 1.54) is 11.8 Å². The van der Waals surface area contributed by atoms with Gasteiger partial charge >= 0.3 is 11.9 Å². The maximum absolute atomic E-state index is 11.7. The van der Waals surface area contributed by atoms with Gasteiger partial charge in [0.05, 0.1) is 5.75 Å². The zero-order valence-corrected chi connectivity index (χ0v) is 12.5. The summed E-state index contributed by atoms with van der Waals surface area (Å²) in [6.07, 6.45) is -0.469. The smallest absolute Gasteiger partial charge is 0.326 e. The van der Waals surface area contributed by atoms with Gasteiger partial charge in [0.1, 0.15) is 6.04 Å². The molecule has 0 saturated heterocycles. The van der Waals surface area contributed by atoms with Crippen LogP contribution in [0.5, 0.6) is 0 Å². The van der Waals surface area contributed by atoms with Crippen LogP contribution in [0.1, 0.15) is 12.8 Å². The number of carbonyl (C=O) groups excluding carboxylic acids is 1. The largest absolute Gasteiger partial charge is 0.481 e. The lowest BCUT2D eigenvalue weighted by Gasteiger charge is -2.13. The van der Waals surface area contributed by atoms with Gasteiger partial charge in [-0.2, -0.15) is 0 Å². The van der Waals surface area contributed by atoms with Crippen LogP contribution < -0.4 is 5.32 Å². The van der Waals surface area contributed by atoms with Crippen LogP contribution in [0.25, 0.3) is 0 Å². The molecular formula is C13H14ClNO5S. The Hall–Kier alpha value is -1.73. The number of halogens is 1. The van der Waals surface area contributed by atoms with Gasteiger partial charge in [-0.1, -0.05) is 11.6 Å². The molecule has 0 aliphatic heterocycles. The summed E-state index contributed by atoms with van der Waals surface area (Å²) in [4.78, 5) is 33.9. The normalized spacial score (nSPS) is 11.7. The quantitative estimate of drug-likeness (QED) is 0.628. The zero-order chi connectivity index (χ0) is 15.8. The lowest BCUT2D eigenvalue weighted by molar-refractivity contribution is -0.142. The molecule has 0 aliphatic carbocycles. The fourth-order valence-electron chi connectivity index (χ4n) is 1.44. The van der Waals surface area contributed by atoms with Gasteiger partial charge in [-0.25, -0.2) is 4.79 Å². The number of hydrogen-bond donors (Lipinski definition) is 3. The maximum Gasteiger partial charge on any atom is 0.326 e.